The molecule has 0 saturated carbocycles. The summed E-state index contributed by atoms with van der Waals surface area (Å²) in [5.74, 6) is -1.30. The molecule has 0 aliphatic carbocycles. The predicted molar refractivity (Wildman–Crippen MR) is 314 cm³/mol. The largest absolute Gasteiger partial charge is 0.454 e. The van der Waals surface area contributed by atoms with Crippen LogP contribution in [0.4, 0.5) is 0 Å². The third-order valence-corrected chi connectivity index (χ3v) is 12.9. The number of aliphatic hydroxyl groups excluding tert-OH is 5. The standard InChI is InChI=1S/C65H105NO10/c1-4-7-10-13-16-19-22-25-26-27-28-29-30-31-32-33-34-35-38-41-44-47-50-53-60(70)76-63-62(72)61(71)59(54-67)75-65(63)74-55-56(57(68)51-48-45-42-39-36-23-20-17-14-11-8-5-2)66-64(73)58(69)52-49-46-43-40-37-24-21-18-15-12-9-6-3/h7,9-10,12,15-16,18-19,21,24-26,28-29,31-32,37,40,43,46,48,51,56-59,61-63,65,67-69,71-72H,4-6,8,11,13-14,17,20,22-23,27,30,33-36,38-39,41-42,44-45,47,49-50,52-55H2,1-3H3,(H,66,73)/b10-7-,12-9+,18-15+,19-16-,24-21-,26-25-,29-28-,32-31-,40-37-,46-43+,51-48+. The number of unbranched alkanes of at least 4 members (excludes halogenated alkanes) is 17. The van der Waals surface area contributed by atoms with Crippen LogP contribution in [0.2, 0.25) is 0 Å². The SMILES string of the molecule is CC/C=C\C/C=C\C/C=C\C/C=C\C/C=C\CCCCCCCCCC(=O)OC1C(OCC(NC(=O)C(O)CC/C=C/C=C\C=C/C=C/C=C/CC)C(O)/C=C/CCCCCCCCCCCC)OC(CO)C(O)C1O. The van der Waals surface area contributed by atoms with Gasteiger partial charge in [0.1, 0.15) is 24.4 Å². The maximum Gasteiger partial charge on any atom is 0.306 e. The summed E-state index contributed by atoms with van der Waals surface area (Å²) in [6, 6.07) is -1.07. The van der Waals surface area contributed by atoms with E-state index in [4.69, 9.17) is 14.2 Å². The first-order valence-corrected chi connectivity index (χ1v) is 29.5. The number of nitrogens with one attached hydrogen (secondary N) is 1. The minimum absolute atomic E-state index is 0.0932. The molecule has 11 nitrogen and oxygen atoms in total. The average Bonchev–Trinajstić information content (AvgIpc) is 3.42. The molecule has 1 saturated heterocycles. The summed E-state index contributed by atoms with van der Waals surface area (Å²) >= 11 is 0. The van der Waals surface area contributed by atoms with Gasteiger partial charge in [-0.2, -0.15) is 0 Å². The number of esters is 1. The molecule has 1 fully saturated rings. The van der Waals surface area contributed by atoms with E-state index in [-0.39, 0.29) is 19.4 Å². The smallest absolute Gasteiger partial charge is 0.306 e. The van der Waals surface area contributed by atoms with E-state index in [1.165, 1.54) is 44.9 Å². The highest BCUT2D eigenvalue weighted by molar-refractivity contribution is 5.80. The molecule has 0 radical (unpaired) electrons. The fraction of sp³-hybridized carbons (Fsp3) is 0.631. The molecule has 0 spiro atoms. The molecule has 0 aromatic heterocycles. The summed E-state index contributed by atoms with van der Waals surface area (Å²) in [5.41, 5.74) is 0. The summed E-state index contributed by atoms with van der Waals surface area (Å²) in [7, 11) is 0. The van der Waals surface area contributed by atoms with Gasteiger partial charge in [0.15, 0.2) is 12.4 Å². The Morgan fingerprint density at radius 3 is 1.55 bits per heavy atom. The van der Waals surface area contributed by atoms with Crippen molar-refractivity contribution in [2.24, 2.45) is 0 Å². The van der Waals surface area contributed by atoms with E-state index in [2.05, 4.69) is 92.9 Å². The van der Waals surface area contributed by atoms with Gasteiger partial charge in [-0.3, -0.25) is 9.59 Å². The zero-order chi connectivity index (χ0) is 55.4. The summed E-state index contributed by atoms with van der Waals surface area (Å²) in [6.07, 6.45) is 62.2. The Labute approximate surface area is 461 Å². The molecular formula is C65H105NO10. The second kappa shape index (κ2) is 51.6. The fourth-order valence-electron chi connectivity index (χ4n) is 8.29. The Kier molecular flexibility index (Phi) is 47.4. The number of aliphatic hydroxyl groups is 5. The third-order valence-electron chi connectivity index (χ3n) is 12.9. The lowest BCUT2D eigenvalue weighted by molar-refractivity contribution is -0.305. The Hall–Kier alpha value is -4.20. The van der Waals surface area contributed by atoms with Gasteiger partial charge in [0, 0.05) is 6.42 Å². The maximum atomic E-state index is 13.3. The van der Waals surface area contributed by atoms with Crippen molar-refractivity contribution < 1.29 is 49.3 Å². The summed E-state index contributed by atoms with van der Waals surface area (Å²) in [4.78, 5) is 26.4. The first-order chi connectivity index (χ1) is 37.2. The number of carbonyl (C=O) groups excluding carboxylic acids is 2. The number of hydrogen-bond acceptors (Lipinski definition) is 10. The van der Waals surface area contributed by atoms with Crippen molar-refractivity contribution in [1.82, 2.24) is 5.32 Å². The van der Waals surface area contributed by atoms with E-state index in [0.29, 0.717) is 12.8 Å². The van der Waals surface area contributed by atoms with Crippen molar-refractivity contribution >= 4 is 11.9 Å². The molecule has 1 aliphatic rings. The van der Waals surface area contributed by atoms with Gasteiger partial charge in [-0.15, -0.1) is 0 Å². The van der Waals surface area contributed by atoms with Crippen molar-refractivity contribution in [2.75, 3.05) is 13.2 Å². The molecule has 6 N–H and O–H groups in total. The van der Waals surface area contributed by atoms with Crippen LogP contribution in [0, 0.1) is 0 Å². The van der Waals surface area contributed by atoms with E-state index in [0.717, 1.165) is 109 Å². The molecule has 11 heteroatoms. The molecule has 0 aromatic rings. The van der Waals surface area contributed by atoms with Crippen molar-refractivity contribution in [3.63, 3.8) is 0 Å². The molecule has 8 unspecified atom stereocenters. The van der Waals surface area contributed by atoms with Crippen molar-refractivity contribution in [2.45, 2.75) is 250 Å². The molecule has 1 aliphatic heterocycles. The van der Waals surface area contributed by atoms with Gasteiger partial charge in [-0.1, -0.05) is 244 Å². The second-order valence-electron chi connectivity index (χ2n) is 19.7. The highest BCUT2D eigenvalue weighted by atomic mass is 16.7. The van der Waals surface area contributed by atoms with Crippen LogP contribution in [0.3, 0.4) is 0 Å². The molecule has 1 rings (SSSR count). The van der Waals surface area contributed by atoms with Gasteiger partial charge in [0.05, 0.1) is 25.4 Å². The van der Waals surface area contributed by atoms with Gasteiger partial charge >= 0.3 is 5.97 Å². The number of ether oxygens (including phenoxy) is 3. The predicted octanol–water partition coefficient (Wildman–Crippen LogP) is 13.7. The van der Waals surface area contributed by atoms with E-state index in [1.54, 1.807) is 6.08 Å². The van der Waals surface area contributed by atoms with Gasteiger partial charge < -0.3 is 45.1 Å². The van der Waals surface area contributed by atoms with Crippen LogP contribution in [0.1, 0.15) is 201 Å². The normalized spacial score (nSPS) is 20.1. The molecule has 8 atom stereocenters. The number of carbonyl (C=O) groups is 2. The van der Waals surface area contributed by atoms with Gasteiger partial charge in [0.2, 0.25) is 5.91 Å². The second-order valence-corrected chi connectivity index (χ2v) is 19.7. The van der Waals surface area contributed by atoms with Crippen molar-refractivity contribution in [3.8, 4) is 0 Å². The molecular weight excluding hydrogens is 955 g/mol. The van der Waals surface area contributed by atoms with Crippen LogP contribution in [0.25, 0.3) is 0 Å². The van der Waals surface area contributed by atoms with Gasteiger partial charge in [0.25, 0.3) is 0 Å². The molecule has 0 bridgehead atoms. The summed E-state index contributed by atoms with van der Waals surface area (Å²) in [6.45, 7) is 5.44. The number of rotatable bonds is 47. The minimum Gasteiger partial charge on any atom is -0.454 e. The monoisotopic (exact) mass is 1060 g/mol. The average molecular weight is 1060 g/mol. The molecule has 76 heavy (non-hydrogen) atoms. The summed E-state index contributed by atoms with van der Waals surface area (Å²) < 4.78 is 17.5. The first kappa shape index (κ1) is 69.8. The van der Waals surface area contributed by atoms with E-state index < -0.39 is 67.4 Å². The lowest BCUT2D eigenvalue weighted by Crippen LogP contribution is -2.61. The summed E-state index contributed by atoms with van der Waals surface area (Å²) in [5, 5.41) is 56.7. The van der Waals surface area contributed by atoms with Crippen molar-refractivity contribution in [1.29, 1.82) is 0 Å². The topological polar surface area (TPSA) is 175 Å². The Morgan fingerprint density at radius 1 is 0.539 bits per heavy atom. The molecule has 1 amide bonds. The van der Waals surface area contributed by atoms with E-state index >= 15 is 0 Å². The number of allylic oxidation sites excluding steroid dienone is 21. The first-order valence-electron chi connectivity index (χ1n) is 29.5. The molecule has 1 heterocycles. The molecule has 0 aromatic carbocycles. The number of amides is 1. The minimum atomic E-state index is -1.64. The van der Waals surface area contributed by atoms with Crippen molar-refractivity contribution in [3.05, 3.63) is 134 Å². The van der Waals surface area contributed by atoms with E-state index in [1.807, 2.05) is 60.8 Å². The highest BCUT2D eigenvalue weighted by Crippen LogP contribution is 2.26. The quantitative estimate of drug-likeness (QED) is 0.0149. The number of hydrogen-bond donors (Lipinski definition) is 6. The lowest BCUT2D eigenvalue weighted by Gasteiger charge is -2.41. The lowest BCUT2D eigenvalue weighted by atomic mass is 9.99. The zero-order valence-corrected chi connectivity index (χ0v) is 47.3. The van der Waals surface area contributed by atoms with Crippen LogP contribution >= 0.6 is 0 Å². The Morgan fingerprint density at radius 2 is 1.01 bits per heavy atom. The van der Waals surface area contributed by atoms with Gasteiger partial charge in [-0.05, 0) is 83.5 Å². The third kappa shape index (κ3) is 39.2. The maximum absolute atomic E-state index is 13.3. The highest BCUT2D eigenvalue weighted by Gasteiger charge is 2.47. The van der Waals surface area contributed by atoms with E-state index in [9.17, 15) is 35.1 Å². The fourth-order valence-corrected chi connectivity index (χ4v) is 8.29. The molecule has 430 valence electrons. The Bertz CT molecular complexity index is 1740. The van der Waals surface area contributed by atoms with Crippen LogP contribution in [0.5, 0.6) is 0 Å². The Balaban J connectivity index is 2.70. The van der Waals surface area contributed by atoms with Crippen LogP contribution in [-0.2, 0) is 23.8 Å². The zero-order valence-electron chi connectivity index (χ0n) is 47.3. The van der Waals surface area contributed by atoms with Crippen LogP contribution in [-0.4, -0.2) is 99.6 Å². The van der Waals surface area contributed by atoms with Gasteiger partial charge in [-0.25, -0.2) is 0 Å². The van der Waals surface area contributed by atoms with Crippen LogP contribution < -0.4 is 5.32 Å². The van der Waals surface area contributed by atoms with Crippen LogP contribution in [0.15, 0.2) is 134 Å².